The van der Waals surface area contributed by atoms with Crippen LogP contribution >= 0.6 is 11.6 Å². The van der Waals surface area contributed by atoms with Crippen LogP contribution < -0.4 is 5.32 Å². The Morgan fingerprint density at radius 2 is 1.88 bits per heavy atom. The molecular weight excluding hydrogens is 230 g/mol. The lowest BCUT2D eigenvalue weighted by atomic mass is 10.1. The number of para-hydroxylation sites is 1. The van der Waals surface area contributed by atoms with Gasteiger partial charge >= 0.3 is 5.97 Å². The fraction of sp³-hybridized carbons (Fsp3) is 0.273. The van der Waals surface area contributed by atoms with Crippen molar-refractivity contribution in [2.45, 2.75) is 18.7 Å². The van der Waals surface area contributed by atoms with E-state index in [4.69, 9.17) is 16.7 Å². The summed E-state index contributed by atoms with van der Waals surface area (Å²) in [7, 11) is 0. The van der Waals surface area contributed by atoms with Crippen LogP contribution in [0.2, 0.25) is 0 Å². The number of benzene rings is 1. The quantitative estimate of drug-likeness (QED) is 0.799. The molecule has 86 valence electrons. The number of carbonyl (C=O) groups is 2. The van der Waals surface area contributed by atoms with Crippen molar-refractivity contribution in [3.63, 3.8) is 0 Å². The Labute approximate surface area is 98.2 Å². The van der Waals surface area contributed by atoms with Crippen molar-refractivity contribution in [1.82, 2.24) is 0 Å². The van der Waals surface area contributed by atoms with Gasteiger partial charge < -0.3 is 10.4 Å². The molecular formula is C11H12ClNO3. The van der Waals surface area contributed by atoms with Gasteiger partial charge in [-0.1, -0.05) is 12.1 Å². The number of carboxylic acid groups (broad SMARTS) is 1. The maximum absolute atomic E-state index is 11.6. The zero-order valence-corrected chi connectivity index (χ0v) is 9.71. The van der Waals surface area contributed by atoms with E-state index >= 15 is 0 Å². The van der Waals surface area contributed by atoms with Crippen LogP contribution in [0.5, 0.6) is 0 Å². The summed E-state index contributed by atoms with van der Waals surface area (Å²) in [4.78, 5) is 21.4. The van der Waals surface area contributed by atoms with E-state index in [-0.39, 0.29) is 11.3 Å². The average molecular weight is 242 g/mol. The lowest BCUT2D eigenvalue weighted by Gasteiger charge is -2.16. The Kier molecular flexibility index (Phi) is 3.55. The van der Waals surface area contributed by atoms with Crippen molar-refractivity contribution in [3.8, 4) is 0 Å². The number of nitrogens with one attached hydrogen (secondary N) is 1. The third-order valence-electron chi connectivity index (χ3n) is 1.95. The summed E-state index contributed by atoms with van der Waals surface area (Å²) in [6.45, 7) is 3.07. The van der Waals surface area contributed by atoms with Gasteiger partial charge in [0, 0.05) is 0 Å². The molecule has 0 unspecified atom stereocenters. The minimum absolute atomic E-state index is 0.0387. The fourth-order valence-corrected chi connectivity index (χ4v) is 1.10. The van der Waals surface area contributed by atoms with Gasteiger partial charge in [0.25, 0.3) is 0 Å². The van der Waals surface area contributed by atoms with Crippen molar-refractivity contribution in [2.75, 3.05) is 5.32 Å². The second-order valence-corrected chi connectivity index (χ2v) is 4.72. The molecule has 0 aliphatic heterocycles. The minimum atomic E-state index is -1.09. The summed E-state index contributed by atoms with van der Waals surface area (Å²) in [5.41, 5.74) is 0.283. The molecule has 5 heteroatoms. The van der Waals surface area contributed by atoms with Gasteiger partial charge in [0.15, 0.2) is 0 Å². The average Bonchev–Trinajstić information content (AvgIpc) is 2.16. The van der Waals surface area contributed by atoms with E-state index in [1.807, 2.05) is 0 Å². The van der Waals surface area contributed by atoms with Gasteiger partial charge in [-0.05, 0) is 26.0 Å². The van der Waals surface area contributed by atoms with Crippen LogP contribution in [0.1, 0.15) is 24.2 Å². The van der Waals surface area contributed by atoms with E-state index in [1.165, 1.54) is 26.0 Å². The molecule has 0 heterocycles. The predicted octanol–water partition coefficient (Wildman–Crippen LogP) is 2.34. The number of carboxylic acids is 1. The fourth-order valence-electron chi connectivity index (χ4n) is 1.05. The Morgan fingerprint density at radius 3 is 2.38 bits per heavy atom. The molecule has 1 aromatic rings. The Bertz CT molecular complexity index is 423. The predicted molar refractivity (Wildman–Crippen MR) is 62.0 cm³/mol. The van der Waals surface area contributed by atoms with E-state index in [0.29, 0.717) is 0 Å². The maximum atomic E-state index is 11.6. The molecule has 1 rings (SSSR count). The molecule has 0 radical (unpaired) electrons. The molecule has 0 aliphatic rings. The normalized spacial score (nSPS) is 10.9. The molecule has 0 spiro atoms. The van der Waals surface area contributed by atoms with Crippen LogP contribution in [0.3, 0.4) is 0 Å². The zero-order valence-electron chi connectivity index (χ0n) is 8.95. The second kappa shape index (κ2) is 4.53. The summed E-state index contributed by atoms with van der Waals surface area (Å²) >= 11 is 5.81. The minimum Gasteiger partial charge on any atom is -0.478 e. The SMILES string of the molecule is CC(C)(Cl)C(=O)Nc1ccccc1C(=O)O. The molecule has 4 nitrogen and oxygen atoms in total. The van der Waals surface area contributed by atoms with Crippen molar-refractivity contribution in [1.29, 1.82) is 0 Å². The standard InChI is InChI=1S/C11H12ClNO3/c1-11(2,12)10(16)13-8-6-4-3-5-7(8)9(14)15/h3-6H,1-2H3,(H,13,16)(H,14,15). The molecule has 2 N–H and O–H groups in total. The van der Waals surface area contributed by atoms with E-state index < -0.39 is 16.8 Å². The summed E-state index contributed by atoms with van der Waals surface area (Å²) in [6, 6.07) is 6.16. The van der Waals surface area contributed by atoms with Crippen LogP contribution in [0.4, 0.5) is 5.69 Å². The van der Waals surface area contributed by atoms with E-state index in [1.54, 1.807) is 12.1 Å². The highest BCUT2D eigenvalue weighted by Gasteiger charge is 2.25. The number of aromatic carboxylic acids is 1. The van der Waals surface area contributed by atoms with Gasteiger partial charge in [-0.3, -0.25) is 4.79 Å². The maximum Gasteiger partial charge on any atom is 0.337 e. The number of anilines is 1. The monoisotopic (exact) mass is 241 g/mol. The van der Waals surface area contributed by atoms with Gasteiger partial charge in [-0.2, -0.15) is 0 Å². The van der Waals surface area contributed by atoms with Gasteiger partial charge in [0.1, 0.15) is 4.87 Å². The van der Waals surface area contributed by atoms with Gasteiger partial charge in [-0.25, -0.2) is 4.79 Å². The lowest BCUT2D eigenvalue weighted by molar-refractivity contribution is -0.117. The first-order valence-corrected chi connectivity index (χ1v) is 5.03. The van der Waals surface area contributed by atoms with Crippen LogP contribution in [-0.2, 0) is 4.79 Å². The van der Waals surface area contributed by atoms with Crippen molar-refractivity contribution < 1.29 is 14.7 Å². The molecule has 0 saturated heterocycles. The molecule has 0 saturated carbocycles. The molecule has 1 aromatic carbocycles. The highest BCUT2D eigenvalue weighted by molar-refractivity contribution is 6.36. The largest absolute Gasteiger partial charge is 0.478 e. The number of amides is 1. The number of carbonyl (C=O) groups excluding carboxylic acids is 1. The van der Waals surface area contributed by atoms with Gasteiger partial charge in [0.2, 0.25) is 5.91 Å². The summed E-state index contributed by atoms with van der Waals surface area (Å²) < 4.78 is 0. The third kappa shape index (κ3) is 2.97. The smallest absolute Gasteiger partial charge is 0.337 e. The summed E-state index contributed by atoms with van der Waals surface area (Å²) in [5.74, 6) is -1.54. The molecule has 1 amide bonds. The Hall–Kier alpha value is -1.55. The number of halogens is 1. The number of alkyl halides is 1. The summed E-state index contributed by atoms with van der Waals surface area (Å²) in [5, 5.41) is 11.4. The molecule has 0 aromatic heterocycles. The molecule has 0 atom stereocenters. The van der Waals surface area contributed by atoms with E-state index in [9.17, 15) is 9.59 Å². The first-order chi connectivity index (χ1) is 7.32. The van der Waals surface area contributed by atoms with Crippen LogP contribution in [-0.4, -0.2) is 21.9 Å². The van der Waals surface area contributed by atoms with Crippen molar-refractivity contribution >= 4 is 29.2 Å². The first kappa shape index (κ1) is 12.5. The van der Waals surface area contributed by atoms with Crippen molar-refractivity contribution in [2.24, 2.45) is 0 Å². The van der Waals surface area contributed by atoms with Crippen LogP contribution in [0.25, 0.3) is 0 Å². The molecule has 16 heavy (non-hydrogen) atoms. The van der Waals surface area contributed by atoms with Crippen LogP contribution in [0.15, 0.2) is 24.3 Å². The summed E-state index contributed by atoms with van der Waals surface area (Å²) in [6.07, 6.45) is 0. The molecule has 0 aliphatic carbocycles. The first-order valence-electron chi connectivity index (χ1n) is 4.65. The topological polar surface area (TPSA) is 66.4 Å². The van der Waals surface area contributed by atoms with E-state index in [2.05, 4.69) is 5.32 Å². The van der Waals surface area contributed by atoms with Gasteiger partial charge in [0.05, 0.1) is 11.3 Å². The van der Waals surface area contributed by atoms with Gasteiger partial charge in [-0.15, -0.1) is 11.6 Å². The van der Waals surface area contributed by atoms with Crippen molar-refractivity contribution in [3.05, 3.63) is 29.8 Å². The second-order valence-electron chi connectivity index (χ2n) is 3.78. The Morgan fingerprint density at radius 1 is 1.31 bits per heavy atom. The highest BCUT2D eigenvalue weighted by atomic mass is 35.5. The van der Waals surface area contributed by atoms with E-state index in [0.717, 1.165) is 0 Å². The Balaban J connectivity index is 2.98. The highest BCUT2D eigenvalue weighted by Crippen LogP contribution is 2.19. The zero-order chi connectivity index (χ0) is 12.3. The number of rotatable bonds is 3. The number of hydrogen-bond donors (Lipinski definition) is 2. The third-order valence-corrected chi connectivity index (χ3v) is 2.12. The molecule has 0 bridgehead atoms. The van der Waals surface area contributed by atoms with Crippen LogP contribution in [0, 0.1) is 0 Å². The molecule has 0 fully saturated rings. The number of hydrogen-bond acceptors (Lipinski definition) is 2. The lowest BCUT2D eigenvalue weighted by Crippen LogP contribution is -2.32.